The number of allylic oxidation sites excluding steroid dienone is 1. The maximum Gasteiger partial charge on any atom is 0.160 e. The van der Waals surface area contributed by atoms with E-state index in [4.69, 9.17) is 0 Å². The predicted molar refractivity (Wildman–Crippen MR) is 59.0 cm³/mol. The van der Waals surface area contributed by atoms with E-state index in [1.54, 1.807) is 0 Å². The van der Waals surface area contributed by atoms with Crippen molar-refractivity contribution in [1.29, 1.82) is 0 Å². The van der Waals surface area contributed by atoms with Gasteiger partial charge in [-0.2, -0.15) is 0 Å². The summed E-state index contributed by atoms with van der Waals surface area (Å²) in [5, 5.41) is 0. The number of nitrogens with zero attached hydrogens (tertiary/aromatic N) is 1. The Morgan fingerprint density at radius 1 is 1.50 bits per heavy atom. The van der Waals surface area contributed by atoms with Crippen LogP contribution in [-0.4, -0.2) is 24.8 Å². The Morgan fingerprint density at radius 2 is 2.21 bits per heavy atom. The van der Waals surface area contributed by atoms with Crippen LogP contribution in [0.5, 0.6) is 0 Å². The highest BCUT2D eigenvalue weighted by Gasteiger charge is 2.22. The summed E-state index contributed by atoms with van der Waals surface area (Å²) in [5.74, 6) is 1.09. The van der Waals surface area contributed by atoms with E-state index in [1.807, 2.05) is 25.2 Å². The molecule has 1 aliphatic carbocycles. The molecule has 0 radical (unpaired) electrons. The zero-order valence-corrected chi connectivity index (χ0v) is 9.55. The maximum atomic E-state index is 11.6. The Bertz CT molecular complexity index is 230. The van der Waals surface area contributed by atoms with Gasteiger partial charge in [0.05, 0.1) is 0 Å². The van der Waals surface area contributed by atoms with Crippen LogP contribution in [0.1, 0.15) is 39.0 Å². The van der Waals surface area contributed by atoms with Gasteiger partial charge in [0.15, 0.2) is 5.78 Å². The minimum Gasteiger partial charge on any atom is -0.383 e. The number of hydrogen-bond donors (Lipinski definition) is 0. The lowest BCUT2D eigenvalue weighted by molar-refractivity contribution is -0.117. The van der Waals surface area contributed by atoms with Crippen LogP contribution in [0.25, 0.3) is 0 Å². The summed E-state index contributed by atoms with van der Waals surface area (Å²) in [6, 6.07) is 0. The topological polar surface area (TPSA) is 20.3 Å². The SMILES string of the molecule is CCCC1CCC(=O)C(=CN(C)C)C1. The molecule has 0 spiro atoms. The smallest absolute Gasteiger partial charge is 0.160 e. The van der Waals surface area contributed by atoms with Crippen molar-refractivity contribution in [2.24, 2.45) is 5.92 Å². The van der Waals surface area contributed by atoms with Gasteiger partial charge in [-0.05, 0) is 18.8 Å². The van der Waals surface area contributed by atoms with Gasteiger partial charge in [-0.3, -0.25) is 4.79 Å². The second-order valence-electron chi connectivity index (χ2n) is 4.44. The molecule has 1 saturated carbocycles. The van der Waals surface area contributed by atoms with Crippen LogP contribution in [-0.2, 0) is 4.79 Å². The third-order valence-electron chi connectivity index (χ3n) is 2.76. The molecule has 0 aromatic heterocycles. The van der Waals surface area contributed by atoms with E-state index in [1.165, 1.54) is 12.8 Å². The molecule has 0 saturated heterocycles. The van der Waals surface area contributed by atoms with E-state index in [-0.39, 0.29) is 0 Å². The van der Waals surface area contributed by atoms with Crippen LogP contribution in [0.2, 0.25) is 0 Å². The van der Waals surface area contributed by atoms with E-state index < -0.39 is 0 Å². The van der Waals surface area contributed by atoms with Gasteiger partial charge in [0, 0.05) is 32.3 Å². The first-order valence-corrected chi connectivity index (χ1v) is 5.53. The molecule has 80 valence electrons. The summed E-state index contributed by atoms with van der Waals surface area (Å²) in [6.45, 7) is 2.21. The number of carbonyl (C=O) groups excluding carboxylic acids is 1. The fourth-order valence-electron chi connectivity index (χ4n) is 2.11. The Labute approximate surface area is 87.0 Å². The standard InChI is InChI=1S/C12H21NO/c1-4-5-10-6-7-12(14)11(8-10)9-13(2)3/h9-10H,4-8H2,1-3H3. The molecule has 0 aliphatic heterocycles. The van der Waals surface area contributed by atoms with E-state index in [2.05, 4.69) is 6.92 Å². The van der Waals surface area contributed by atoms with Crippen LogP contribution < -0.4 is 0 Å². The van der Waals surface area contributed by atoms with Gasteiger partial charge in [-0.25, -0.2) is 0 Å². The highest BCUT2D eigenvalue weighted by atomic mass is 16.1. The molecule has 0 N–H and O–H groups in total. The largest absolute Gasteiger partial charge is 0.383 e. The molecule has 2 heteroatoms. The number of carbonyl (C=O) groups is 1. The Balaban J connectivity index is 2.59. The van der Waals surface area contributed by atoms with Gasteiger partial charge in [0.1, 0.15) is 0 Å². The fourth-order valence-corrected chi connectivity index (χ4v) is 2.11. The summed E-state index contributed by atoms with van der Waals surface area (Å²) in [6.07, 6.45) is 7.32. The highest BCUT2D eigenvalue weighted by Crippen LogP contribution is 2.29. The fraction of sp³-hybridized carbons (Fsp3) is 0.750. The number of hydrogen-bond acceptors (Lipinski definition) is 2. The van der Waals surface area contributed by atoms with Crippen LogP contribution in [0.15, 0.2) is 11.8 Å². The van der Waals surface area contributed by atoms with Gasteiger partial charge in [-0.1, -0.05) is 19.8 Å². The molecule has 0 heterocycles. The van der Waals surface area contributed by atoms with E-state index in [9.17, 15) is 4.79 Å². The minimum absolute atomic E-state index is 0.353. The normalized spacial score (nSPS) is 25.5. The highest BCUT2D eigenvalue weighted by molar-refractivity contribution is 5.95. The molecule has 1 unspecified atom stereocenters. The quantitative estimate of drug-likeness (QED) is 0.645. The Hall–Kier alpha value is -0.790. The maximum absolute atomic E-state index is 11.6. The molecule has 1 fully saturated rings. The lowest BCUT2D eigenvalue weighted by Crippen LogP contribution is -2.19. The van der Waals surface area contributed by atoms with Gasteiger partial charge in [0.2, 0.25) is 0 Å². The van der Waals surface area contributed by atoms with Crippen molar-refractivity contribution >= 4 is 5.78 Å². The van der Waals surface area contributed by atoms with Crippen LogP contribution >= 0.6 is 0 Å². The summed E-state index contributed by atoms with van der Waals surface area (Å²) < 4.78 is 0. The van der Waals surface area contributed by atoms with E-state index in [0.717, 1.165) is 30.8 Å². The first kappa shape index (κ1) is 11.3. The lowest BCUT2D eigenvalue weighted by Gasteiger charge is -2.23. The first-order valence-electron chi connectivity index (χ1n) is 5.53. The lowest BCUT2D eigenvalue weighted by atomic mass is 9.82. The number of Topliss-reactive ketones (excluding diaryl/α,β-unsaturated/α-hetero) is 1. The van der Waals surface area contributed by atoms with Crippen molar-refractivity contribution in [3.8, 4) is 0 Å². The monoisotopic (exact) mass is 195 g/mol. The van der Waals surface area contributed by atoms with Crippen molar-refractivity contribution in [2.75, 3.05) is 14.1 Å². The van der Waals surface area contributed by atoms with Crippen molar-refractivity contribution in [2.45, 2.75) is 39.0 Å². The van der Waals surface area contributed by atoms with Gasteiger partial charge >= 0.3 is 0 Å². The first-order chi connectivity index (χ1) is 6.63. The molecule has 0 aromatic rings. The summed E-state index contributed by atoms with van der Waals surface area (Å²) in [5.41, 5.74) is 1.03. The van der Waals surface area contributed by atoms with Crippen molar-refractivity contribution < 1.29 is 4.79 Å². The van der Waals surface area contributed by atoms with Crippen molar-refractivity contribution in [3.05, 3.63) is 11.8 Å². The number of ketones is 1. The summed E-state index contributed by atoms with van der Waals surface area (Å²) >= 11 is 0. The second-order valence-corrected chi connectivity index (χ2v) is 4.44. The molecular formula is C12H21NO. The Morgan fingerprint density at radius 3 is 2.79 bits per heavy atom. The van der Waals surface area contributed by atoms with Gasteiger partial charge in [-0.15, -0.1) is 0 Å². The van der Waals surface area contributed by atoms with E-state index >= 15 is 0 Å². The summed E-state index contributed by atoms with van der Waals surface area (Å²) in [4.78, 5) is 13.6. The molecule has 1 aliphatic rings. The average molecular weight is 195 g/mol. The van der Waals surface area contributed by atoms with Gasteiger partial charge in [0.25, 0.3) is 0 Å². The summed E-state index contributed by atoms with van der Waals surface area (Å²) in [7, 11) is 3.95. The molecular weight excluding hydrogens is 174 g/mol. The van der Waals surface area contributed by atoms with Crippen LogP contribution in [0.4, 0.5) is 0 Å². The molecule has 0 amide bonds. The second kappa shape index (κ2) is 5.18. The molecule has 0 bridgehead atoms. The molecule has 14 heavy (non-hydrogen) atoms. The third kappa shape index (κ3) is 3.17. The zero-order chi connectivity index (χ0) is 10.6. The predicted octanol–water partition coefficient (Wildman–Crippen LogP) is 2.60. The average Bonchev–Trinajstić information content (AvgIpc) is 2.10. The molecule has 1 rings (SSSR count). The minimum atomic E-state index is 0.353. The zero-order valence-electron chi connectivity index (χ0n) is 9.55. The van der Waals surface area contributed by atoms with Crippen molar-refractivity contribution in [1.82, 2.24) is 4.90 Å². The van der Waals surface area contributed by atoms with Crippen LogP contribution in [0.3, 0.4) is 0 Å². The van der Waals surface area contributed by atoms with Crippen molar-refractivity contribution in [3.63, 3.8) is 0 Å². The van der Waals surface area contributed by atoms with Crippen LogP contribution in [0, 0.1) is 5.92 Å². The molecule has 1 atom stereocenters. The Kier molecular flexibility index (Phi) is 4.18. The van der Waals surface area contributed by atoms with Gasteiger partial charge < -0.3 is 4.90 Å². The third-order valence-corrected chi connectivity index (χ3v) is 2.76. The molecule has 0 aromatic carbocycles. The van der Waals surface area contributed by atoms with E-state index in [0.29, 0.717) is 5.78 Å². The molecule has 2 nitrogen and oxygen atoms in total. The number of rotatable bonds is 3.